The van der Waals surface area contributed by atoms with Crippen LogP contribution in [-0.4, -0.2) is 27.2 Å². The number of urea groups is 1. The molecule has 7 heteroatoms. The van der Waals surface area contributed by atoms with Crippen molar-refractivity contribution in [3.05, 3.63) is 46.0 Å². The molecule has 2 aliphatic rings. The third-order valence-corrected chi connectivity index (χ3v) is 5.81. The normalized spacial score (nSPS) is 20.3. The van der Waals surface area contributed by atoms with E-state index >= 15 is 0 Å². The number of nitrogens with zero attached hydrogens (tertiary/aromatic N) is 2. The van der Waals surface area contributed by atoms with Crippen LogP contribution >= 0.6 is 11.6 Å². The lowest BCUT2D eigenvalue weighted by Crippen LogP contribution is -2.45. The van der Waals surface area contributed by atoms with Crippen LogP contribution in [0.2, 0.25) is 5.02 Å². The van der Waals surface area contributed by atoms with Gasteiger partial charge in [-0.3, -0.25) is 5.10 Å². The summed E-state index contributed by atoms with van der Waals surface area (Å²) in [6, 6.07) is 4.04. The highest BCUT2D eigenvalue weighted by Crippen LogP contribution is 2.37. The summed E-state index contributed by atoms with van der Waals surface area (Å²) in [4.78, 5) is 14.6. The van der Waals surface area contributed by atoms with Crippen molar-refractivity contribution in [1.82, 2.24) is 15.1 Å². The minimum Gasteiger partial charge on any atom is -0.317 e. The maximum atomic E-state index is 13.3. The molecule has 1 aromatic carbocycles. The molecule has 2 aromatic rings. The molecule has 2 amide bonds. The number of aromatic nitrogens is 2. The maximum Gasteiger partial charge on any atom is 0.322 e. The van der Waals surface area contributed by atoms with Gasteiger partial charge in [-0.05, 0) is 38.0 Å². The number of nitrogens with one attached hydrogen (secondary N) is 2. The van der Waals surface area contributed by atoms with Gasteiger partial charge in [0.15, 0.2) is 0 Å². The van der Waals surface area contributed by atoms with Gasteiger partial charge in [0, 0.05) is 35.3 Å². The zero-order chi connectivity index (χ0) is 18.3. The molecule has 26 heavy (non-hydrogen) atoms. The van der Waals surface area contributed by atoms with Crippen LogP contribution < -0.4 is 5.32 Å². The summed E-state index contributed by atoms with van der Waals surface area (Å²) in [5, 5.41) is 10.6. The number of fused-ring (bicyclic) bond motifs is 1. The van der Waals surface area contributed by atoms with Crippen LogP contribution in [0.3, 0.4) is 0 Å². The number of carbonyl (C=O) groups is 1. The first-order valence-electron chi connectivity index (χ1n) is 9.11. The number of anilines is 1. The lowest BCUT2D eigenvalue weighted by molar-refractivity contribution is 0.181. The van der Waals surface area contributed by atoms with Crippen LogP contribution in [0.5, 0.6) is 0 Å². The van der Waals surface area contributed by atoms with E-state index in [2.05, 4.69) is 15.5 Å². The van der Waals surface area contributed by atoms with Gasteiger partial charge in [-0.25, -0.2) is 9.18 Å². The lowest BCUT2D eigenvalue weighted by Gasteiger charge is -2.33. The summed E-state index contributed by atoms with van der Waals surface area (Å²) in [5.74, 6) is 0.00414. The van der Waals surface area contributed by atoms with E-state index in [0.717, 1.165) is 17.8 Å². The van der Waals surface area contributed by atoms with Crippen LogP contribution in [0.1, 0.15) is 55.5 Å². The Morgan fingerprint density at radius 1 is 1.38 bits per heavy atom. The molecule has 2 N–H and O–H groups in total. The molecule has 1 aromatic heterocycles. The van der Waals surface area contributed by atoms with Gasteiger partial charge in [0.2, 0.25) is 0 Å². The molecule has 1 fully saturated rings. The van der Waals surface area contributed by atoms with Crippen molar-refractivity contribution in [2.75, 3.05) is 5.32 Å². The van der Waals surface area contributed by atoms with Crippen molar-refractivity contribution in [2.24, 2.45) is 0 Å². The predicted molar refractivity (Wildman–Crippen MR) is 98.9 cm³/mol. The molecule has 0 saturated heterocycles. The zero-order valence-corrected chi connectivity index (χ0v) is 15.4. The van der Waals surface area contributed by atoms with Crippen molar-refractivity contribution in [1.29, 1.82) is 0 Å². The summed E-state index contributed by atoms with van der Waals surface area (Å²) in [6.07, 6.45) is 5.60. The molecule has 0 spiro atoms. The van der Waals surface area contributed by atoms with E-state index in [-0.39, 0.29) is 17.1 Å². The highest BCUT2D eigenvalue weighted by Gasteiger charge is 2.33. The fourth-order valence-electron chi connectivity index (χ4n) is 4.07. The average Bonchev–Trinajstić information content (AvgIpc) is 3.26. The molecule has 1 aliphatic heterocycles. The number of halogens is 2. The smallest absolute Gasteiger partial charge is 0.317 e. The highest BCUT2D eigenvalue weighted by molar-refractivity contribution is 6.31. The number of hydrogen-bond donors (Lipinski definition) is 2. The quantitative estimate of drug-likeness (QED) is 0.787. The Labute approximate surface area is 156 Å². The van der Waals surface area contributed by atoms with E-state index in [4.69, 9.17) is 11.6 Å². The number of rotatable bonds is 2. The van der Waals surface area contributed by atoms with Gasteiger partial charge < -0.3 is 10.2 Å². The number of benzene rings is 1. The first kappa shape index (κ1) is 17.3. The van der Waals surface area contributed by atoms with Crippen LogP contribution in [0.25, 0.3) is 0 Å². The average molecular weight is 377 g/mol. The molecule has 2 heterocycles. The van der Waals surface area contributed by atoms with Gasteiger partial charge in [-0.2, -0.15) is 5.10 Å². The predicted octanol–water partition coefficient (Wildman–Crippen LogP) is 4.84. The second-order valence-electron chi connectivity index (χ2n) is 7.29. The molecule has 1 atom stereocenters. The fourth-order valence-corrected chi connectivity index (χ4v) is 4.25. The molecular weight excluding hydrogens is 355 g/mol. The zero-order valence-electron chi connectivity index (χ0n) is 14.7. The van der Waals surface area contributed by atoms with Crippen molar-refractivity contribution in [2.45, 2.75) is 57.5 Å². The van der Waals surface area contributed by atoms with Crippen LogP contribution in [0.15, 0.2) is 18.2 Å². The second-order valence-corrected chi connectivity index (χ2v) is 7.69. The summed E-state index contributed by atoms with van der Waals surface area (Å²) < 4.78 is 13.3. The standard InChI is InChI=1S/C19H22ClFN4O/c1-11-8-17-14(18(24-23-17)12-4-2-3-5-12)10-25(11)19(26)22-13-6-7-16(21)15(20)9-13/h6-7,9,11-12H,2-5,8,10H2,1H3,(H,22,26)(H,23,24)/t11-/m0/s1. The minimum absolute atomic E-state index is 0.00451. The van der Waals surface area contributed by atoms with Crippen LogP contribution in [0, 0.1) is 5.82 Å². The molecule has 0 bridgehead atoms. The summed E-state index contributed by atoms with van der Waals surface area (Å²) >= 11 is 5.81. The Hall–Kier alpha value is -2.08. The van der Waals surface area contributed by atoms with Gasteiger partial charge >= 0.3 is 6.03 Å². The number of amides is 2. The Morgan fingerprint density at radius 2 is 2.15 bits per heavy atom. The van der Waals surface area contributed by atoms with E-state index in [1.54, 1.807) is 0 Å². The van der Waals surface area contributed by atoms with E-state index in [1.807, 2.05) is 11.8 Å². The van der Waals surface area contributed by atoms with Crippen LogP contribution in [0.4, 0.5) is 14.9 Å². The third kappa shape index (κ3) is 3.18. The first-order chi connectivity index (χ1) is 12.5. The number of H-pyrrole nitrogens is 1. The highest BCUT2D eigenvalue weighted by atomic mass is 35.5. The van der Waals surface area contributed by atoms with Gasteiger partial charge in [0.1, 0.15) is 5.82 Å². The van der Waals surface area contributed by atoms with Crippen LogP contribution in [-0.2, 0) is 13.0 Å². The molecule has 1 saturated carbocycles. The second kappa shape index (κ2) is 6.91. The molecule has 1 aliphatic carbocycles. The third-order valence-electron chi connectivity index (χ3n) is 5.52. The topological polar surface area (TPSA) is 61.0 Å². The summed E-state index contributed by atoms with van der Waals surface area (Å²) in [6.45, 7) is 2.57. The van der Waals surface area contributed by atoms with Crippen molar-refractivity contribution >= 4 is 23.3 Å². The van der Waals surface area contributed by atoms with E-state index in [0.29, 0.717) is 18.2 Å². The fraction of sp³-hybridized carbons (Fsp3) is 0.474. The van der Waals surface area contributed by atoms with E-state index in [9.17, 15) is 9.18 Å². The molecular formula is C19H22ClFN4O. The Bertz CT molecular complexity index is 831. The maximum absolute atomic E-state index is 13.3. The SMILES string of the molecule is C[C@H]1Cc2[nH]nc(C3CCCC3)c2CN1C(=O)Nc1ccc(F)c(Cl)c1. The van der Waals surface area contributed by atoms with Gasteiger partial charge in [0.05, 0.1) is 17.3 Å². The Balaban J connectivity index is 1.53. The monoisotopic (exact) mass is 376 g/mol. The first-order valence-corrected chi connectivity index (χ1v) is 9.49. The van der Waals surface area contributed by atoms with E-state index in [1.165, 1.54) is 49.4 Å². The molecule has 0 radical (unpaired) electrons. The molecule has 138 valence electrons. The molecule has 0 unspecified atom stereocenters. The largest absolute Gasteiger partial charge is 0.322 e. The Kier molecular flexibility index (Phi) is 4.61. The Morgan fingerprint density at radius 3 is 2.88 bits per heavy atom. The van der Waals surface area contributed by atoms with Gasteiger partial charge in [0.25, 0.3) is 0 Å². The van der Waals surface area contributed by atoms with Gasteiger partial charge in [-0.1, -0.05) is 24.4 Å². The molecule has 5 nitrogen and oxygen atoms in total. The number of hydrogen-bond acceptors (Lipinski definition) is 2. The van der Waals surface area contributed by atoms with E-state index < -0.39 is 5.82 Å². The lowest BCUT2D eigenvalue weighted by atomic mass is 9.94. The van der Waals surface area contributed by atoms with Gasteiger partial charge in [-0.15, -0.1) is 0 Å². The number of aromatic amines is 1. The van der Waals surface area contributed by atoms with Crippen molar-refractivity contribution in [3.8, 4) is 0 Å². The number of carbonyl (C=O) groups excluding carboxylic acids is 1. The molecule has 4 rings (SSSR count). The summed E-state index contributed by atoms with van der Waals surface area (Å²) in [5.41, 5.74) is 3.94. The van der Waals surface area contributed by atoms with Crippen molar-refractivity contribution in [3.63, 3.8) is 0 Å². The van der Waals surface area contributed by atoms with Crippen molar-refractivity contribution < 1.29 is 9.18 Å². The summed E-state index contributed by atoms with van der Waals surface area (Å²) in [7, 11) is 0. The minimum atomic E-state index is -0.500.